The van der Waals surface area contributed by atoms with Gasteiger partial charge in [0.25, 0.3) is 0 Å². The molecule has 1 aliphatic rings. The zero-order chi connectivity index (χ0) is 23.3. The van der Waals surface area contributed by atoms with Crippen molar-refractivity contribution < 1.29 is 9.18 Å². The number of carbonyl (C=O) groups is 1. The second kappa shape index (κ2) is 7.93. The number of hydrogen-bond donors (Lipinski definition) is 1. The number of ketones is 1. The molecule has 0 radical (unpaired) electrons. The van der Waals surface area contributed by atoms with Gasteiger partial charge in [-0.25, -0.2) is 9.24 Å². The summed E-state index contributed by atoms with van der Waals surface area (Å²) in [7, 11) is 1.69. The van der Waals surface area contributed by atoms with Crippen molar-refractivity contribution in [3.63, 3.8) is 0 Å². The first-order valence-corrected chi connectivity index (χ1v) is 10.5. The average molecular weight is 458 g/mol. The zero-order valence-electron chi connectivity index (χ0n) is 17.6. The van der Waals surface area contributed by atoms with Crippen molar-refractivity contribution in [2.45, 2.75) is 0 Å². The molecule has 0 amide bonds. The van der Waals surface area contributed by atoms with Gasteiger partial charge < -0.3 is 5.73 Å². The van der Waals surface area contributed by atoms with E-state index in [1.54, 1.807) is 43.6 Å². The van der Waals surface area contributed by atoms with Crippen molar-refractivity contribution in [1.82, 2.24) is 9.78 Å². The van der Waals surface area contributed by atoms with Crippen LogP contribution in [0.15, 0.2) is 53.7 Å². The maximum atomic E-state index is 15.4. The minimum Gasteiger partial charge on any atom is -0.325 e. The normalized spacial score (nSPS) is 13.1. The largest absolute Gasteiger partial charge is 0.325 e. The third-order valence-corrected chi connectivity index (χ3v) is 6.16. The minimum absolute atomic E-state index is 0.00735. The maximum Gasteiger partial charge on any atom is 0.207 e. The summed E-state index contributed by atoms with van der Waals surface area (Å²) in [5, 5.41) is 5.92. The standard InChI is InChI=1S/C25H17ClFN5O/c1-29-24-15-6-4-3-5-13(15)9-19(27)23(24)25-17(11-31-32(25)2)14-7-16-20(10-28)30-12-21(33)22(16)18(26)8-14/h3-9,11H,10,12,28H2,2H3. The first-order chi connectivity index (χ1) is 15.9. The van der Waals surface area contributed by atoms with Crippen LogP contribution < -0.4 is 5.73 Å². The van der Waals surface area contributed by atoms with Gasteiger partial charge in [0.2, 0.25) is 5.69 Å². The molecule has 2 heterocycles. The van der Waals surface area contributed by atoms with Gasteiger partial charge in [0, 0.05) is 35.8 Å². The molecule has 0 saturated heterocycles. The summed E-state index contributed by atoms with van der Waals surface area (Å²) >= 11 is 6.52. The Morgan fingerprint density at radius 3 is 2.76 bits per heavy atom. The van der Waals surface area contributed by atoms with Crippen LogP contribution >= 0.6 is 11.6 Å². The summed E-state index contributed by atoms with van der Waals surface area (Å²) in [5.41, 5.74) is 9.40. The second-order valence-electron chi connectivity index (χ2n) is 7.72. The molecule has 8 heteroatoms. The van der Waals surface area contributed by atoms with Crippen LogP contribution in [0.1, 0.15) is 15.9 Å². The lowest BCUT2D eigenvalue weighted by molar-refractivity contribution is 0.100. The summed E-state index contributed by atoms with van der Waals surface area (Å²) in [6.45, 7) is 7.95. The average Bonchev–Trinajstić information content (AvgIpc) is 3.18. The molecule has 162 valence electrons. The van der Waals surface area contributed by atoms with E-state index in [1.807, 2.05) is 6.07 Å². The molecule has 0 saturated carbocycles. The molecule has 33 heavy (non-hydrogen) atoms. The van der Waals surface area contributed by atoms with Gasteiger partial charge in [0.15, 0.2) is 5.78 Å². The molecular formula is C25H17ClFN5O. The predicted octanol–water partition coefficient (Wildman–Crippen LogP) is 5.19. The number of fused-ring (bicyclic) bond motifs is 2. The SMILES string of the molecule is [C-]#[N+]c1c(-c2c(-c3cc(Cl)c4c(c3)C(CN)=NCC4=O)cnn2C)c(F)cc2ccccc12. The van der Waals surface area contributed by atoms with Gasteiger partial charge in [-0.15, -0.1) is 0 Å². The van der Waals surface area contributed by atoms with E-state index < -0.39 is 5.82 Å². The van der Waals surface area contributed by atoms with E-state index in [4.69, 9.17) is 23.9 Å². The molecule has 4 aromatic rings. The third-order valence-electron chi connectivity index (χ3n) is 5.86. The summed E-state index contributed by atoms with van der Waals surface area (Å²) in [4.78, 5) is 20.4. The molecule has 0 atom stereocenters. The molecule has 2 N–H and O–H groups in total. The fourth-order valence-corrected chi connectivity index (χ4v) is 4.69. The number of aryl methyl sites for hydroxylation is 1. The lowest BCUT2D eigenvalue weighted by Gasteiger charge is -2.18. The van der Waals surface area contributed by atoms with Crippen molar-refractivity contribution in [3.05, 3.63) is 82.0 Å². The third kappa shape index (κ3) is 3.23. The molecular weight excluding hydrogens is 441 g/mol. The van der Waals surface area contributed by atoms with Crippen LogP contribution in [-0.4, -0.2) is 34.4 Å². The molecule has 0 bridgehead atoms. The Hall–Kier alpha value is -3.86. The maximum absolute atomic E-state index is 15.4. The Balaban J connectivity index is 1.80. The van der Waals surface area contributed by atoms with Crippen LogP contribution in [0.3, 0.4) is 0 Å². The van der Waals surface area contributed by atoms with E-state index in [9.17, 15) is 4.79 Å². The quantitative estimate of drug-likeness (QED) is 0.430. The van der Waals surface area contributed by atoms with Gasteiger partial charge in [0.05, 0.1) is 29.2 Å². The van der Waals surface area contributed by atoms with E-state index in [-0.39, 0.29) is 35.1 Å². The zero-order valence-corrected chi connectivity index (χ0v) is 18.3. The highest BCUT2D eigenvalue weighted by molar-refractivity contribution is 6.36. The van der Waals surface area contributed by atoms with Crippen LogP contribution in [-0.2, 0) is 7.05 Å². The highest BCUT2D eigenvalue weighted by Gasteiger charge is 2.27. The fraction of sp³-hybridized carbons (Fsp3) is 0.120. The Kier molecular flexibility index (Phi) is 5.05. The Morgan fingerprint density at radius 2 is 2.00 bits per heavy atom. The van der Waals surface area contributed by atoms with Crippen molar-refractivity contribution >= 4 is 39.6 Å². The first kappa shape index (κ1) is 21.0. The number of hydrogen-bond acceptors (Lipinski definition) is 4. The molecule has 3 aromatic carbocycles. The van der Waals surface area contributed by atoms with Crippen molar-refractivity contribution in [2.75, 3.05) is 13.1 Å². The highest BCUT2D eigenvalue weighted by atomic mass is 35.5. The topological polar surface area (TPSA) is 77.6 Å². The molecule has 5 rings (SSSR count). The molecule has 1 aliphatic heterocycles. The number of Topliss-reactive ketones (excluding diaryl/α,β-unsaturated/α-hetero) is 1. The molecule has 6 nitrogen and oxygen atoms in total. The molecule has 0 aliphatic carbocycles. The summed E-state index contributed by atoms with van der Waals surface area (Å²) in [5.74, 6) is -0.700. The van der Waals surface area contributed by atoms with Crippen LogP contribution in [0.5, 0.6) is 0 Å². The number of nitrogens with zero attached hydrogens (tertiary/aromatic N) is 4. The van der Waals surface area contributed by atoms with Crippen LogP contribution in [0.2, 0.25) is 5.02 Å². The van der Waals surface area contributed by atoms with E-state index in [1.165, 1.54) is 10.7 Å². The van der Waals surface area contributed by atoms with Crippen molar-refractivity contribution in [2.24, 2.45) is 17.8 Å². The Bertz CT molecular complexity index is 1550. The number of aromatic nitrogens is 2. The molecule has 1 aromatic heterocycles. The number of carbonyl (C=O) groups excluding carboxylic acids is 1. The van der Waals surface area contributed by atoms with Gasteiger partial charge in [-0.2, -0.15) is 5.10 Å². The van der Waals surface area contributed by atoms with E-state index in [0.717, 1.165) is 0 Å². The molecule has 0 fully saturated rings. The smallest absolute Gasteiger partial charge is 0.207 e. The number of nitrogens with two attached hydrogens (primary N) is 1. The lowest BCUT2D eigenvalue weighted by Crippen LogP contribution is -2.25. The predicted molar refractivity (Wildman–Crippen MR) is 128 cm³/mol. The monoisotopic (exact) mass is 457 g/mol. The van der Waals surface area contributed by atoms with E-state index >= 15 is 4.39 Å². The summed E-state index contributed by atoms with van der Waals surface area (Å²) in [6.07, 6.45) is 1.60. The highest BCUT2D eigenvalue weighted by Crippen LogP contribution is 2.44. The van der Waals surface area contributed by atoms with Crippen molar-refractivity contribution in [3.8, 4) is 22.4 Å². The van der Waals surface area contributed by atoms with Crippen molar-refractivity contribution in [1.29, 1.82) is 0 Å². The Morgan fingerprint density at radius 1 is 1.21 bits per heavy atom. The van der Waals surface area contributed by atoms with Crippen LogP contribution in [0, 0.1) is 12.4 Å². The van der Waals surface area contributed by atoms with Gasteiger partial charge in [-0.1, -0.05) is 35.9 Å². The van der Waals surface area contributed by atoms with Gasteiger partial charge in [-0.05, 0) is 34.5 Å². The summed E-state index contributed by atoms with van der Waals surface area (Å²) in [6, 6.07) is 12.1. The van der Waals surface area contributed by atoms with Crippen LogP contribution in [0.25, 0.3) is 38.0 Å². The fourth-order valence-electron chi connectivity index (χ4n) is 4.36. The van der Waals surface area contributed by atoms with E-state index in [2.05, 4.69) is 14.9 Å². The van der Waals surface area contributed by atoms with Gasteiger partial charge >= 0.3 is 0 Å². The number of benzene rings is 3. The number of halogens is 2. The second-order valence-corrected chi connectivity index (χ2v) is 8.12. The van der Waals surface area contributed by atoms with E-state index in [0.29, 0.717) is 44.4 Å². The van der Waals surface area contributed by atoms with Gasteiger partial charge in [0.1, 0.15) is 12.4 Å². The summed E-state index contributed by atoms with van der Waals surface area (Å²) < 4.78 is 17.0. The lowest BCUT2D eigenvalue weighted by atomic mass is 9.91. The Labute approximate surface area is 193 Å². The number of aliphatic imine (C=N–C) groups is 1. The number of rotatable bonds is 3. The van der Waals surface area contributed by atoms with Gasteiger partial charge in [-0.3, -0.25) is 14.5 Å². The molecule has 0 unspecified atom stereocenters. The molecule has 0 spiro atoms. The van der Waals surface area contributed by atoms with Crippen LogP contribution in [0.4, 0.5) is 10.1 Å². The minimum atomic E-state index is -0.520. The first-order valence-electron chi connectivity index (χ1n) is 10.2.